The molecule has 0 spiro atoms. The summed E-state index contributed by atoms with van der Waals surface area (Å²) in [7, 11) is 1.64. The van der Waals surface area contributed by atoms with Gasteiger partial charge < -0.3 is 15.0 Å². The SMILES string of the molecule is COc1ccc([C@H]2[C@H]3CNC[C@H]3CN2C(=O)c2ccc(=O)[nH]n2)cc1. The molecule has 2 fully saturated rings. The molecule has 4 rings (SSSR count). The van der Waals surface area contributed by atoms with Crippen molar-refractivity contribution < 1.29 is 9.53 Å². The second-order valence-corrected chi connectivity index (χ2v) is 6.56. The van der Waals surface area contributed by atoms with Crippen molar-refractivity contribution in [3.8, 4) is 5.75 Å². The Morgan fingerprint density at radius 2 is 2.00 bits per heavy atom. The summed E-state index contributed by atoms with van der Waals surface area (Å²) >= 11 is 0. The smallest absolute Gasteiger partial charge is 0.274 e. The highest BCUT2D eigenvalue weighted by atomic mass is 16.5. The van der Waals surface area contributed by atoms with Crippen LogP contribution in [0.1, 0.15) is 22.1 Å². The van der Waals surface area contributed by atoms with Crippen molar-refractivity contribution in [2.45, 2.75) is 6.04 Å². The molecule has 130 valence electrons. The van der Waals surface area contributed by atoms with Crippen LogP contribution < -0.4 is 15.6 Å². The molecule has 0 unspecified atom stereocenters. The number of amides is 1. The Morgan fingerprint density at radius 3 is 2.68 bits per heavy atom. The van der Waals surface area contributed by atoms with Gasteiger partial charge in [0.05, 0.1) is 13.2 Å². The lowest BCUT2D eigenvalue weighted by molar-refractivity contribution is 0.0706. The molecule has 1 amide bonds. The first-order chi connectivity index (χ1) is 12.2. The largest absolute Gasteiger partial charge is 0.497 e. The van der Waals surface area contributed by atoms with Crippen molar-refractivity contribution in [3.05, 3.63) is 58.0 Å². The zero-order valence-corrected chi connectivity index (χ0v) is 13.9. The van der Waals surface area contributed by atoms with E-state index in [1.165, 1.54) is 12.1 Å². The normalized spacial score (nSPS) is 25.0. The van der Waals surface area contributed by atoms with Crippen molar-refractivity contribution >= 4 is 5.91 Å². The maximum Gasteiger partial charge on any atom is 0.274 e. The fraction of sp³-hybridized carbons (Fsp3) is 0.389. The van der Waals surface area contributed by atoms with Gasteiger partial charge in [-0.15, -0.1) is 0 Å². The minimum absolute atomic E-state index is 0.00728. The van der Waals surface area contributed by atoms with Crippen molar-refractivity contribution in [2.24, 2.45) is 11.8 Å². The summed E-state index contributed by atoms with van der Waals surface area (Å²) in [6.45, 7) is 2.50. The van der Waals surface area contributed by atoms with Crippen LogP contribution in [0.2, 0.25) is 0 Å². The van der Waals surface area contributed by atoms with Gasteiger partial charge in [0.1, 0.15) is 11.4 Å². The van der Waals surface area contributed by atoms with E-state index in [0.717, 1.165) is 24.4 Å². The Bertz CT molecular complexity index is 812. The molecule has 25 heavy (non-hydrogen) atoms. The average Bonchev–Trinajstić information content (AvgIpc) is 3.23. The van der Waals surface area contributed by atoms with E-state index in [9.17, 15) is 9.59 Å². The number of fused-ring (bicyclic) bond motifs is 1. The fourth-order valence-electron chi connectivity index (χ4n) is 3.97. The number of carbonyl (C=O) groups excluding carboxylic acids is 1. The lowest BCUT2D eigenvalue weighted by atomic mass is 9.89. The van der Waals surface area contributed by atoms with E-state index >= 15 is 0 Å². The van der Waals surface area contributed by atoms with E-state index in [4.69, 9.17) is 4.74 Å². The van der Waals surface area contributed by atoms with E-state index in [2.05, 4.69) is 15.5 Å². The number of nitrogens with one attached hydrogen (secondary N) is 2. The second-order valence-electron chi connectivity index (χ2n) is 6.56. The second kappa shape index (κ2) is 6.33. The number of hydrogen-bond donors (Lipinski definition) is 2. The van der Waals surface area contributed by atoms with E-state index in [1.807, 2.05) is 29.2 Å². The first-order valence-electron chi connectivity index (χ1n) is 8.39. The van der Waals surface area contributed by atoms with Gasteiger partial charge in [0.15, 0.2) is 0 Å². The molecule has 2 aliphatic heterocycles. The average molecular weight is 340 g/mol. The van der Waals surface area contributed by atoms with E-state index < -0.39 is 0 Å². The molecule has 1 aromatic heterocycles. The monoisotopic (exact) mass is 340 g/mol. The summed E-state index contributed by atoms with van der Waals surface area (Å²) in [4.78, 5) is 26.1. The van der Waals surface area contributed by atoms with Gasteiger partial charge in [0, 0.05) is 31.6 Å². The first-order valence-corrected chi connectivity index (χ1v) is 8.39. The third kappa shape index (κ3) is 2.80. The van der Waals surface area contributed by atoms with Gasteiger partial charge >= 0.3 is 0 Å². The Hall–Kier alpha value is -2.67. The van der Waals surface area contributed by atoms with Crippen LogP contribution in [0.4, 0.5) is 0 Å². The molecule has 0 bridgehead atoms. The molecule has 2 aromatic rings. The number of ether oxygens (including phenoxy) is 1. The van der Waals surface area contributed by atoms with Crippen LogP contribution in [0.15, 0.2) is 41.2 Å². The highest BCUT2D eigenvalue weighted by molar-refractivity contribution is 5.92. The lowest BCUT2D eigenvalue weighted by Crippen LogP contribution is -2.35. The van der Waals surface area contributed by atoms with Gasteiger partial charge in [-0.1, -0.05) is 12.1 Å². The maximum absolute atomic E-state index is 13.0. The molecule has 7 heteroatoms. The molecular weight excluding hydrogens is 320 g/mol. The number of aromatic amines is 1. The summed E-state index contributed by atoms with van der Waals surface area (Å²) < 4.78 is 5.24. The third-order valence-electron chi connectivity index (χ3n) is 5.18. The molecular formula is C18H20N4O3. The van der Waals surface area contributed by atoms with Crippen molar-refractivity contribution in [1.29, 1.82) is 0 Å². The molecule has 0 saturated carbocycles. The standard InChI is InChI=1S/C18H20N4O3/c1-25-13-4-2-11(3-5-13)17-14-9-19-8-12(14)10-22(17)18(24)15-6-7-16(23)21-20-15/h2-7,12,14,17,19H,8-10H2,1H3,(H,21,23)/t12-,14-,17-/m0/s1. The first kappa shape index (κ1) is 15.8. The van der Waals surface area contributed by atoms with Crippen LogP contribution in [-0.4, -0.2) is 47.7 Å². The number of aromatic nitrogens is 2. The van der Waals surface area contributed by atoms with Crippen LogP contribution in [0, 0.1) is 11.8 Å². The Morgan fingerprint density at radius 1 is 1.20 bits per heavy atom. The molecule has 0 radical (unpaired) electrons. The molecule has 2 aliphatic rings. The van der Waals surface area contributed by atoms with Crippen LogP contribution in [0.5, 0.6) is 5.75 Å². The number of nitrogens with zero attached hydrogens (tertiary/aromatic N) is 2. The topological polar surface area (TPSA) is 87.3 Å². The lowest BCUT2D eigenvalue weighted by Gasteiger charge is -2.28. The van der Waals surface area contributed by atoms with Gasteiger partial charge in [-0.2, -0.15) is 5.10 Å². The minimum atomic E-state index is -0.314. The zero-order valence-electron chi connectivity index (χ0n) is 13.9. The number of likely N-dealkylation sites (tertiary alicyclic amines) is 1. The van der Waals surface area contributed by atoms with Gasteiger partial charge in [-0.25, -0.2) is 5.10 Å². The Balaban J connectivity index is 1.68. The van der Waals surface area contributed by atoms with E-state index in [-0.39, 0.29) is 23.2 Å². The quantitative estimate of drug-likeness (QED) is 0.863. The zero-order chi connectivity index (χ0) is 17.4. The third-order valence-corrected chi connectivity index (χ3v) is 5.18. The Labute approximate surface area is 145 Å². The summed E-state index contributed by atoms with van der Waals surface area (Å²) in [5.74, 6) is 1.45. The molecule has 2 saturated heterocycles. The van der Waals surface area contributed by atoms with Crippen molar-refractivity contribution in [2.75, 3.05) is 26.7 Å². The van der Waals surface area contributed by atoms with Crippen LogP contribution in [0.25, 0.3) is 0 Å². The van der Waals surface area contributed by atoms with Crippen LogP contribution in [-0.2, 0) is 0 Å². The van der Waals surface area contributed by atoms with Gasteiger partial charge in [0.2, 0.25) is 0 Å². The number of methoxy groups -OCH3 is 1. The van der Waals surface area contributed by atoms with Gasteiger partial charge in [-0.3, -0.25) is 9.59 Å². The predicted molar refractivity (Wildman–Crippen MR) is 91.5 cm³/mol. The summed E-state index contributed by atoms with van der Waals surface area (Å²) in [6, 6.07) is 10.7. The molecule has 7 nitrogen and oxygen atoms in total. The van der Waals surface area contributed by atoms with Gasteiger partial charge in [0.25, 0.3) is 11.5 Å². The molecule has 3 heterocycles. The highest BCUT2D eigenvalue weighted by Gasteiger charge is 2.47. The van der Waals surface area contributed by atoms with Gasteiger partial charge in [-0.05, 0) is 29.7 Å². The predicted octanol–water partition coefficient (Wildman–Crippen LogP) is 0.811. The highest BCUT2D eigenvalue weighted by Crippen LogP contribution is 2.43. The van der Waals surface area contributed by atoms with E-state index in [1.54, 1.807) is 7.11 Å². The minimum Gasteiger partial charge on any atom is -0.497 e. The molecule has 2 N–H and O–H groups in total. The maximum atomic E-state index is 13.0. The molecule has 3 atom stereocenters. The number of H-pyrrole nitrogens is 1. The molecule has 1 aromatic carbocycles. The van der Waals surface area contributed by atoms with Crippen molar-refractivity contribution in [1.82, 2.24) is 20.4 Å². The number of rotatable bonds is 3. The summed E-state index contributed by atoms with van der Waals surface area (Å²) in [6.07, 6.45) is 0. The Kier molecular flexibility index (Phi) is 4.01. The molecule has 0 aliphatic carbocycles. The summed E-state index contributed by atoms with van der Waals surface area (Å²) in [5.41, 5.74) is 1.05. The van der Waals surface area contributed by atoms with Crippen molar-refractivity contribution in [3.63, 3.8) is 0 Å². The summed E-state index contributed by atoms with van der Waals surface area (Å²) in [5, 5.41) is 9.68. The van der Waals surface area contributed by atoms with Crippen LogP contribution >= 0.6 is 0 Å². The number of carbonyl (C=O) groups is 1. The number of hydrogen-bond acceptors (Lipinski definition) is 5. The number of benzene rings is 1. The van der Waals surface area contributed by atoms with E-state index in [0.29, 0.717) is 18.4 Å². The van der Waals surface area contributed by atoms with Crippen LogP contribution in [0.3, 0.4) is 0 Å². The fourth-order valence-corrected chi connectivity index (χ4v) is 3.97.